The Kier molecular flexibility index (Phi) is 4.78. The van der Waals surface area contributed by atoms with E-state index < -0.39 is 24.4 Å². The van der Waals surface area contributed by atoms with Gasteiger partial charge in [0.2, 0.25) is 0 Å². The summed E-state index contributed by atoms with van der Waals surface area (Å²) in [5.74, 6) is -4.88. The SMILES string of the molecule is O=C(O)C(CC(F)(F)F)(Oc1ccccc1)Oc1ccccc1. The fraction of sp³-hybridized carbons (Fsp3) is 0.188. The first-order chi connectivity index (χ1) is 10.8. The van der Waals surface area contributed by atoms with Gasteiger partial charge in [-0.05, 0) is 24.3 Å². The minimum atomic E-state index is -4.80. The number of carboxylic acid groups (broad SMARTS) is 1. The second kappa shape index (κ2) is 6.60. The van der Waals surface area contributed by atoms with E-state index in [9.17, 15) is 23.1 Å². The quantitative estimate of drug-likeness (QED) is 0.819. The van der Waals surface area contributed by atoms with Gasteiger partial charge in [-0.2, -0.15) is 13.2 Å². The summed E-state index contributed by atoms with van der Waals surface area (Å²) >= 11 is 0. The first-order valence-electron chi connectivity index (χ1n) is 6.59. The van der Waals surface area contributed by atoms with E-state index in [4.69, 9.17) is 9.47 Å². The average Bonchev–Trinajstić information content (AvgIpc) is 2.47. The molecular weight excluding hydrogens is 313 g/mol. The highest BCUT2D eigenvalue weighted by molar-refractivity contribution is 5.76. The largest absolute Gasteiger partial charge is 0.475 e. The molecule has 0 radical (unpaired) electrons. The van der Waals surface area contributed by atoms with Gasteiger partial charge < -0.3 is 14.6 Å². The zero-order valence-corrected chi connectivity index (χ0v) is 11.8. The summed E-state index contributed by atoms with van der Waals surface area (Å²) < 4.78 is 48.9. The van der Waals surface area contributed by atoms with Gasteiger partial charge in [-0.25, -0.2) is 4.79 Å². The minimum absolute atomic E-state index is 0.0462. The maximum absolute atomic E-state index is 12.9. The molecule has 0 aromatic heterocycles. The van der Waals surface area contributed by atoms with Crippen LogP contribution in [0.3, 0.4) is 0 Å². The van der Waals surface area contributed by atoms with Crippen LogP contribution in [0.15, 0.2) is 60.7 Å². The molecule has 0 amide bonds. The molecule has 1 N–H and O–H groups in total. The zero-order valence-electron chi connectivity index (χ0n) is 11.8. The molecule has 0 atom stereocenters. The number of alkyl halides is 3. The molecule has 0 aliphatic carbocycles. The van der Waals surface area contributed by atoms with Gasteiger partial charge in [-0.3, -0.25) is 0 Å². The Morgan fingerprint density at radius 2 is 1.26 bits per heavy atom. The first-order valence-corrected chi connectivity index (χ1v) is 6.59. The molecule has 0 aliphatic heterocycles. The van der Waals surface area contributed by atoms with Crippen LogP contribution < -0.4 is 9.47 Å². The number of benzene rings is 2. The lowest BCUT2D eigenvalue weighted by Crippen LogP contribution is -2.53. The average molecular weight is 326 g/mol. The monoisotopic (exact) mass is 326 g/mol. The van der Waals surface area contributed by atoms with Crippen molar-refractivity contribution in [2.45, 2.75) is 18.4 Å². The fourth-order valence-electron chi connectivity index (χ4n) is 1.88. The molecule has 0 aliphatic rings. The summed E-state index contributed by atoms with van der Waals surface area (Å²) in [6.07, 6.45) is -6.61. The highest BCUT2D eigenvalue weighted by Crippen LogP contribution is 2.33. The van der Waals surface area contributed by atoms with E-state index in [1.165, 1.54) is 48.5 Å². The summed E-state index contributed by atoms with van der Waals surface area (Å²) in [6, 6.07) is 14.7. The Hall–Kier alpha value is -2.70. The smallest absolute Gasteiger partial charge is 0.397 e. The standard InChI is InChI=1S/C16H13F3O4/c17-16(18,19)11-15(14(20)21,22-12-7-3-1-4-8-12)23-13-9-5-2-6-10-13/h1-10H,11H2,(H,20,21). The van der Waals surface area contributed by atoms with Crippen molar-refractivity contribution in [1.29, 1.82) is 0 Å². The summed E-state index contributed by atoms with van der Waals surface area (Å²) in [5.41, 5.74) is 0. The fourth-order valence-corrected chi connectivity index (χ4v) is 1.88. The second-order valence-corrected chi connectivity index (χ2v) is 4.68. The number of para-hydroxylation sites is 2. The molecule has 122 valence electrons. The van der Waals surface area contributed by atoms with Crippen molar-refractivity contribution in [2.24, 2.45) is 0 Å². The van der Waals surface area contributed by atoms with Crippen molar-refractivity contribution in [3.63, 3.8) is 0 Å². The van der Waals surface area contributed by atoms with Gasteiger partial charge in [0.15, 0.2) is 0 Å². The van der Waals surface area contributed by atoms with E-state index in [0.29, 0.717) is 0 Å². The van der Waals surface area contributed by atoms with Crippen molar-refractivity contribution in [2.75, 3.05) is 0 Å². The summed E-state index contributed by atoms with van der Waals surface area (Å²) in [6.45, 7) is 0. The molecule has 7 heteroatoms. The maximum Gasteiger partial charge on any atom is 0.397 e. The van der Waals surface area contributed by atoms with Crippen LogP contribution in [0.25, 0.3) is 0 Å². The van der Waals surface area contributed by atoms with Crippen molar-refractivity contribution in [1.82, 2.24) is 0 Å². The molecule has 0 fully saturated rings. The van der Waals surface area contributed by atoms with Gasteiger partial charge >= 0.3 is 17.9 Å². The summed E-state index contributed by atoms with van der Waals surface area (Å²) in [4.78, 5) is 11.6. The number of ether oxygens (including phenoxy) is 2. The third-order valence-corrected chi connectivity index (χ3v) is 2.81. The Morgan fingerprint density at radius 1 is 0.870 bits per heavy atom. The Morgan fingerprint density at radius 3 is 1.57 bits per heavy atom. The van der Waals surface area contributed by atoms with Crippen LogP contribution in [-0.2, 0) is 4.79 Å². The molecule has 2 aromatic carbocycles. The predicted octanol–water partition coefficient (Wildman–Crippen LogP) is 3.88. The van der Waals surface area contributed by atoms with E-state index in [-0.39, 0.29) is 11.5 Å². The van der Waals surface area contributed by atoms with Crippen molar-refractivity contribution >= 4 is 5.97 Å². The van der Waals surface area contributed by atoms with E-state index in [0.717, 1.165) is 0 Å². The second-order valence-electron chi connectivity index (χ2n) is 4.68. The summed E-state index contributed by atoms with van der Waals surface area (Å²) in [5, 5.41) is 9.36. The van der Waals surface area contributed by atoms with E-state index in [1.807, 2.05) is 0 Å². The van der Waals surface area contributed by atoms with Crippen LogP contribution in [0.4, 0.5) is 13.2 Å². The highest BCUT2D eigenvalue weighted by atomic mass is 19.4. The van der Waals surface area contributed by atoms with E-state index in [1.54, 1.807) is 12.1 Å². The first kappa shape index (κ1) is 16.7. The van der Waals surface area contributed by atoms with E-state index in [2.05, 4.69) is 0 Å². The lowest BCUT2D eigenvalue weighted by molar-refractivity contribution is -0.230. The van der Waals surface area contributed by atoms with Crippen molar-refractivity contribution in [3.05, 3.63) is 60.7 Å². The van der Waals surface area contributed by atoms with Crippen molar-refractivity contribution < 1.29 is 32.5 Å². The number of halogens is 3. The molecule has 4 nitrogen and oxygen atoms in total. The van der Waals surface area contributed by atoms with Gasteiger partial charge in [0.25, 0.3) is 0 Å². The van der Waals surface area contributed by atoms with Gasteiger partial charge in [-0.15, -0.1) is 0 Å². The molecule has 23 heavy (non-hydrogen) atoms. The number of aliphatic carboxylic acids is 1. The van der Waals surface area contributed by atoms with Gasteiger partial charge in [0, 0.05) is 0 Å². The number of hydrogen-bond acceptors (Lipinski definition) is 3. The molecule has 0 saturated heterocycles. The van der Waals surface area contributed by atoms with Crippen LogP contribution in [0.2, 0.25) is 0 Å². The Bertz CT molecular complexity index is 600. The number of hydrogen-bond donors (Lipinski definition) is 1. The Balaban J connectivity index is 2.40. The molecule has 2 aromatic rings. The van der Waals surface area contributed by atoms with Crippen LogP contribution in [0.1, 0.15) is 6.42 Å². The molecule has 2 rings (SSSR count). The third kappa shape index (κ3) is 4.64. The number of rotatable bonds is 6. The van der Waals surface area contributed by atoms with Crippen LogP contribution in [-0.4, -0.2) is 23.0 Å². The van der Waals surface area contributed by atoms with Gasteiger partial charge in [-0.1, -0.05) is 36.4 Å². The summed E-state index contributed by atoms with van der Waals surface area (Å²) in [7, 11) is 0. The predicted molar refractivity (Wildman–Crippen MR) is 75.2 cm³/mol. The topological polar surface area (TPSA) is 55.8 Å². The molecule has 0 saturated carbocycles. The highest BCUT2D eigenvalue weighted by Gasteiger charge is 2.53. The van der Waals surface area contributed by atoms with Crippen LogP contribution >= 0.6 is 0 Å². The van der Waals surface area contributed by atoms with Crippen LogP contribution in [0, 0.1) is 0 Å². The number of carboxylic acids is 1. The zero-order chi connectivity index (χ0) is 16.9. The third-order valence-electron chi connectivity index (χ3n) is 2.81. The lowest BCUT2D eigenvalue weighted by Gasteiger charge is -2.31. The number of carbonyl (C=O) groups is 1. The normalized spacial score (nSPS) is 11.8. The minimum Gasteiger partial charge on any atom is -0.475 e. The van der Waals surface area contributed by atoms with Crippen LogP contribution in [0.5, 0.6) is 11.5 Å². The molecule has 0 bridgehead atoms. The van der Waals surface area contributed by atoms with E-state index >= 15 is 0 Å². The molecule has 0 spiro atoms. The van der Waals surface area contributed by atoms with Crippen molar-refractivity contribution in [3.8, 4) is 11.5 Å². The Labute approximate surface area is 130 Å². The van der Waals surface area contributed by atoms with Gasteiger partial charge in [0.1, 0.15) is 17.9 Å². The van der Waals surface area contributed by atoms with Gasteiger partial charge in [0.05, 0.1) is 0 Å². The molecule has 0 heterocycles. The maximum atomic E-state index is 12.9. The molecule has 0 unspecified atom stereocenters. The molecular formula is C16H13F3O4. The lowest BCUT2D eigenvalue weighted by atomic mass is 10.1.